The monoisotopic (exact) mass is 310 g/mol. The molecule has 0 unspecified atom stereocenters. The minimum Gasteiger partial charge on any atom is -0.311 e. The quantitative estimate of drug-likeness (QED) is 0.872. The molecule has 1 amide bonds. The highest BCUT2D eigenvalue weighted by Gasteiger charge is 2.37. The lowest BCUT2D eigenvalue weighted by atomic mass is 10.00. The molecule has 3 heterocycles. The van der Waals surface area contributed by atoms with Crippen LogP contribution in [0.4, 0.5) is 5.69 Å². The summed E-state index contributed by atoms with van der Waals surface area (Å²) in [7, 11) is 0. The zero-order chi connectivity index (χ0) is 15.8. The molecule has 120 valence electrons. The van der Waals surface area contributed by atoms with E-state index in [9.17, 15) is 4.79 Å². The summed E-state index contributed by atoms with van der Waals surface area (Å²) in [5, 5.41) is 4.29. The lowest BCUT2D eigenvalue weighted by Gasteiger charge is -2.44. The van der Waals surface area contributed by atoms with E-state index >= 15 is 0 Å². The number of hydrogen-bond acceptors (Lipinski definition) is 3. The maximum Gasteiger partial charge on any atom is 0.244 e. The molecule has 2 aliphatic rings. The number of rotatable bonds is 3. The second kappa shape index (κ2) is 5.81. The molecule has 1 atom stereocenters. The van der Waals surface area contributed by atoms with Crippen LogP contribution >= 0.6 is 0 Å². The average Bonchev–Trinajstić information content (AvgIpc) is 3.06. The zero-order valence-electron chi connectivity index (χ0n) is 13.4. The number of likely N-dealkylation sites (tertiary alicyclic amines) is 1. The molecule has 1 saturated heterocycles. The van der Waals surface area contributed by atoms with E-state index in [1.807, 2.05) is 41.0 Å². The minimum atomic E-state index is -0.0760. The predicted molar refractivity (Wildman–Crippen MR) is 89.4 cm³/mol. The Balaban J connectivity index is 1.44. The molecule has 2 aromatic rings. The first-order valence-corrected chi connectivity index (χ1v) is 8.36. The second-order valence-corrected chi connectivity index (χ2v) is 6.49. The lowest BCUT2D eigenvalue weighted by Crippen LogP contribution is -2.57. The van der Waals surface area contributed by atoms with Gasteiger partial charge in [0.25, 0.3) is 0 Å². The van der Waals surface area contributed by atoms with Crippen LogP contribution in [0, 0.1) is 0 Å². The van der Waals surface area contributed by atoms with Crippen LogP contribution in [0.15, 0.2) is 42.7 Å². The molecule has 4 rings (SSSR count). The van der Waals surface area contributed by atoms with Crippen LogP contribution in [0.25, 0.3) is 0 Å². The molecule has 2 aliphatic heterocycles. The van der Waals surface area contributed by atoms with E-state index in [1.165, 1.54) is 5.56 Å². The first kappa shape index (κ1) is 14.5. The summed E-state index contributed by atoms with van der Waals surface area (Å²) in [6.45, 7) is 4.64. The molecule has 5 nitrogen and oxygen atoms in total. The Morgan fingerprint density at radius 3 is 2.87 bits per heavy atom. The van der Waals surface area contributed by atoms with Gasteiger partial charge in [-0.05, 0) is 37.5 Å². The van der Waals surface area contributed by atoms with Gasteiger partial charge in [0.1, 0.15) is 0 Å². The number of aromatic nitrogens is 2. The minimum absolute atomic E-state index is 0.0760. The van der Waals surface area contributed by atoms with Crippen LogP contribution in [0.2, 0.25) is 0 Å². The number of nitrogens with zero attached hydrogens (tertiary/aromatic N) is 4. The number of benzene rings is 1. The summed E-state index contributed by atoms with van der Waals surface area (Å²) in [4.78, 5) is 17.2. The van der Waals surface area contributed by atoms with E-state index in [4.69, 9.17) is 0 Å². The fourth-order valence-electron chi connectivity index (χ4n) is 3.61. The fraction of sp³-hybridized carbons (Fsp3) is 0.444. The Labute approximate surface area is 136 Å². The number of fused-ring (bicyclic) bond motifs is 1. The summed E-state index contributed by atoms with van der Waals surface area (Å²) in [6, 6.07) is 10.6. The number of carbonyl (C=O) groups excluding carboxylic acids is 1. The van der Waals surface area contributed by atoms with Crippen molar-refractivity contribution in [1.82, 2.24) is 14.7 Å². The van der Waals surface area contributed by atoms with Crippen LogP contribution in [0.5, 0.6) is 0 Å². The SMILES string of the molecule is C[C@H](C(=O)N1CCCc2ccccc21)N1CC(n2cccn2)C1. The van der Waals surface area contributed by atoms with Gasteiger partial charge >= 0.3 is 0 Å². The maximum atomic E-state index is 13.0. The third-order valence-electron chi connectivity index (χ3n) is 5.07. The summed E-state index contributed by atoms with van der Waals surface area (Å²) in [5.41, 5.74) is 2.39. The van der Waals surface area contributed by atoms with Gasteiger partial charge in [0.15, 0.2) is 0 Å². The molecule has 1 aromatic heterocycles. The van der Waals surface area contributed by atoms with Crippen LogP contribution in [0.1, 0.15) is 24.9 Å². The third kappa shape index (κ3) is 2.55. The fourth-order valence-corrected chi connectivity index (χ4v) is 3.61. The molecule has 1 aromatic carbocycles. The van der Waals surface area contributed by atoms with Crippen molar-refractivity contribution < 1.29 is 4.79 Å². The largest absolute Gasteiger partial charge is 0.311 e. The number of para-hydroxylation sites is 1. The zero-order valence-corrected chi connectivity index (χ0v) is 13.4. The molecule has 23 heavy (non-hydrogen) atoms. The standard InChI is InChI=1S/C18H22N4O/c1-14(20-12-16(13-20)22-11-5-9-19-22)18(23)21-10-4-7-15-6-2-3-8-17(15)21/h2-3,5-6,8-9,11,14,16H,4,7,10,12-13H2,1H3/t14-/m1/s1. The highest BCUT2D eigenvalue weighted by molar-refractivity contribution is 5.98. The molecule has 1 fully saturated rings. The Hall–Kier alpha value is -2.14. The van der Waals surface area contributed by atoms with Gasteiger partial charge in [-0.1, -0.05) is 18.2 Å². The molecule has 5 heteroatoms. The average molecular weight is 310 g/mol. The Morgan fingerprint density at radius 2 is 2.09 bits per heavy atom. The van der Waals surface area contributed by atoms with Crippen LogP contribution in [-0.2, 0) is 11.2 Å². The molecular weight excluding hydrogens is 288 g/mol. The second-order valence-electron chi connectivity index (χ2n) is 6.49. The first-order chi connectivity index (χ1) is 11.2. The van der Waals surface area contributed by atoms with E-state index in [0.717, 1.165) is 38.2 Å². The van der Waals surface area contributed by atoms with Crippen molar-refractivity contribution in [3.05, 3.63) is 48.3 Å². The van der Waals surface area contributed by atoms with Crippen molar-refractivity contribution in [2.45, 2.75) is 31.8 Å². The van der Waals surface area contributed by atoms with E-state index in [0.29, 0.717) is 6.04 Å². The van der Waals surface area contributed by atoms with Crippen molar-refractivity contribution in [3.8, 4) is 0 Å². The summed E-state index contributed by atoms with van der Waals surface area (Å²) in [5.74, 6) is 0.219. The number of amides is 1. The highest BCUT2D eigenvalue weighted by Crippen LogP contribution is 2.29. The predicted octanol–water partition coefficient (Wildman–Crippen LogP) is 2.11. The molecule has 0 radical (unpaired) electrons. The molecular formula is C18H22N4O. The van der Waals surface area contributed by atoms with Crippen LogP contribution < -0.4 is 4.90 Å². The Kier molecular flexibility index (Phi) is 3.65. The van der Waals surface area contributed by atoms with Gasteiger partial charge in [-0.25, -0.2) is 0 Å². The number of carbonyl (C=O) groups is 1. The topological polar surface area (TPSA) is 41.4 Å². The van der Waals surface area contributed by atoms with E-state index in [1.54, 1.807) is 0 Å². The van der Waals surface area contributed by atoms with E-state index in [-0.39, 0.29) is 11.9 Å². The summed E-state index contributed by atoms with van der Waals surface area (Å²) in [6.07, 6.45) is 5.92. The maximum absolute atomic E-state index is 13.0. The normalized spacial score (nSPS) is 20.0. The van der Waals surface area contributed by atoms with Gasteiger partial charge in [0.2, 0.25) is 5.91 Å². The van der Waals surface area contributed by atoms with E-state index in [2.05, 4.69) is 28.2 Å². The van der Waals surface area contributed by atoms with Gasteiger partial charge in [0, 0.05) is 37.7 Å². The Morgan fingerprint density at radius 1 is 1.26 bits per heavy atom. The van der Waals surface area contributed by atoms with Gasteiger partial charge in [-0.3, -0.25) is 14.4 Å². The van der Waals surface area contributed by atoms with Crippen molar-refractivity contribution in [2.24, 2.45) is 0 Å². The number of hydrogen-bond donors (Lipinski definition) is 0. The third-order valence-corrected chi connectivity index (χ3v) is 5.07. The van der Waals surface area contributed by atoms with Gasteiger partial charge < -0.3 is 4.90 Å². The summed E-state index contributed by atoms with van der Waals surface area (Å²) < 4.78 is 1.99. The molecule has 0 N–H and O–H groups in total. The molecule has 0 bridgehead atoms. The lowest BCUT2D eigenvalue weighted by molar-refractivity contribution is -0.125. The first-order valence-electron chi connectivity index (χ1n) is 8.36. The van der Waals surface area contributed by atoms with Crippen molar-refractivity contribution in [1.29, 1.82) is 0 Å². The number of aryl methyl sites for hydroxylation is 1. The summed E-state index contributed by atoms with van der Waals surface area (Å²) >= 11 is 0. The van der Waals surface area contributed by atoms with Gasteiger partial charge in [-0.2, -0.15) is 5.10 Å². The highest BCUT2D eigenvalue weighted by atomic mass is 16.2. The number of anilines is 1. The van der Waals surface area contributed by atoms with Crippen molar-refractivity contribution >= 4 is 11.6 Å². The van der Waals surface area contributed by atoms with Crippen LogP contribution in [0.3, 0.4) is 0 Å². The van der Waals surface area contributed by atoms with Crippen molar-refractivity contribution in [3.63, 3.8) is 0 Å². The van der Waals surface area contributed by atoms with Gasteiger partial charge in [-0.15, -0.1) is 0 Å². The molecule has 0 spiro atoms. The Bertz CT molecular complexity index is 691. The van der Waals surface area contributed by atoms with E-state index < -0.39 is 0 Å². The molecule has 0 aliphatic carbocycles. The van der Waals surface area contributed by atoms with Gasteiger partial charge in [0.05, 0.1) is 12.1 Å². The molecule has 0 saturated carbocycles. The van der Waals surface area contributed by atoms with Crippen molar-refractivity contribution in [2.75, 3.05) is 24.5 Å². The van der Waals surface area contributed by atoms with Crippen LogP contribution in [-0.4, -0.2) is 46.3 Å². The smallest absolute Gasteiger partial charge is 0.244 e.